The minimum absolute atomic E-state index is 0.464. The fourth-order valence-corrected chi connectivity index (χ4v) is 1.60. The van der Waals surface area contributed by atoms with Gasteiger partial charge in [0.1, 0.15) is 0 Å². The largest absolute Gasteiger partial charge is 0.493 e. The minimum atomic E-state index is 0.464. The van der Waals surface area contributed by atoms with Gasteiger partial charge in [-0.2, -0.15) is 0 Å². The van der Waals surface area contributed by atoms with Crippen molar-refractivity contribution in [2.75, 3.05) is 13.7 Å². The third kappa shape index (κ3) is 5.67. The van der Waals surface area contributed by atoms with Crippen LogP contribution in [0.15, 0.2) is 18.2 Å². The van der Waals surface area contributed by atoms with Gasteiger partial charge in [-0.3, -0.25) is 0 Å². The number of rotatable bonds is 7. The first-order valence-corrected chi connectivity index (χ1v) is 6.60. The summed E-state index contributed by atoms with van der Waals surface area (Å²) in [7, 11) is 1.65. The van der Waals surface area contributed by atoms with E-state index in [1.165, 1.54) is 5.56 Å². The molecule has 0 aliphatic rings. The Morgan fingerprint density at radius 1 is 1.26 bits per heavy atom. The SMILES string of the molecule is CC#CCCOc1cc(CNC(C)C)ccc1OC. The molecule has 0 atom stereocenters. The number of hydrogen-bond donors (Lipinski definition) is 1. The number of nitrogens with one attached hydrogen (secondary N) is 1. The van der Waals surface area contributed by atoms with E-state index in [4.69, 9.17) is 9.47 Å². The molecule has 0 saturated carbocycles. The Morgan fingerprint density at radius 2 is 2.05 bits per heavy atom. The fraction of sp³-hybridized carbons (Fsp3) is 0.500. The molecule has 3 nitrogen and oxygen atoms in total. The maximum atomic E-state index is 5.72. The van der Waals surface area contributed by atoms with Crippen LogP contribution in [0.3, 0.4) is 0 Å². The molecule has 0 spiro atoms. The van der Waals surface area contributed by atoms with Crippen molar-refractivity contribution in [3.05, 3.63) is 23.8 Å². The van der Waals surface area contributed by atoms with Gasteiger partial charge >= 0.3 is 0 Å². The van der Waals surface area contributed by atoms with Crippen LogP contribution in [0.5, 0.6) is 11.5 Å². The molecule has 0 radical (unpaired) electrons. The van der Waals surface area contributed by atoms with Crippen LogP contribution in [0.4, 0.5) is 0 Å². The normalized spacial score (nSPS) is 9.95. The zero-order valence-electron chi connectivity index (χ0n) is 12.2. The number of methoxy groups -OCH3 is 1. The Bertz CT molecular complexity index is 444. The van der Waals surface area contributed by atoms with Crippen molar-refractivity contribution in [1.82, 2.24) is 5.32 Å². The van der Waals surface area contributed by atoms with Crippen LogP contribution in [-0.4, -0.2) is 19.8 Å². The van der Waals surface area contributed by atoms with Gasteiger partial charge in [-0.05, 0) is 24.6 Å². The second-order valence-electron chi connectivity index (χ2n) is 4.55. The van der Waals surface area contributed by atoms with E-state index >= 15 is 0 Å². The van der Waals surface area contributed by atoms with Gasteiger partial charge in [-0.25, -0.2) is 0 Å². The molecule has 0 saturated heterocycles. The Hall–Kier alpha value is -1.66. The molecule has 0 aliphatic heterocycles. The minimum Gasteiger partial charge on any atom is -0.493 e. The van der Waals surface area contributed by atoms with E-state index in [1.807, 2.05) is 25.1 Å². The van der Waals surface area contributed by atoms with E-state index in [0.717, 1.165) is 24.5 Å². The fourth-order valence-electron chi connectivity index (χ4n) is 1.60. The maximum absolute atomic E-state index is 5.72. The second-order valence-corrected chi connectivity index (χ2v) is 4.55. The van der Waals surface area contributed by atoms with Gasteiger partial charge in [0, 0.05) is 19.0 Å². The first-order valence-electron chi connectivity index (χ1n) is 6.60. The molecule has 1 aromatic rings. The quantitative estimate of drug-likeness (QED) is 0.604. The summed E-state index contributed by atoms with van der Waals surface area (Å²) in [5.74, 6) is 7.38. The van der Waals surface area contributed by atoms with Gasteiger partial charge in [-0.1, -0.05) is 19.9 Å². The summed E-state index contributed by atoms with van der Waals surface area (Å²) in [4.78, 5) is 0. The first kappa shape index (κ1) is 15.4. The summed E-state index contributed by atoms with van der Waals surface area (Å²) < 4.78 is 11.0. The zero-order valence-corrected chi connectivity index (χ0v) is 12.2. The predicted molar refractivity (Wildman–Crippen MR) is 78.5 cm³/mol. The molecule has 104 valence electrons. The smallest absolute Gasteiger partial charge is 0.161 e. The summed E-state index contributed by atoms with van der Waals surface area (Å²) >= 11 is 0. The molecule has 19 heavy (non-hydrogen) atoms. The van der Waals surface area contributed by atoms with Crippen molar-refractivity contribution in [1.29, 1.82) is 0 Å². The van der Waals surface area contributed by atoms with E-state index in [-0.39, 0.29) is 0 Å². The average molecular weight is 261 g/mol. The van der Waals surface area contributed by atoms with Gasteiger partial charge in [0.2, 0.25) is 0 Å². The highest BCUT2D eigenvalue weighted by Crippen LogP contribution is 2.28. The molecule has 0 amide bonds. The Kier molecular flexibility index (Phi) is 6.84. The Morgan fingerprint density at radius 3 is 2.68 bits per heavy atom. The monoisotopic (exact) mass is 261 g/mol. The molecule has 1 aromatic carbocycles. The van der Waals surface area contributed by atoms with E-state index in [0.29, 0.717) is 12.6 Å². The van der Waals surface area contributed by atoms with Crippen LogP contribution >= 0.6 is 0 Å². The van der Waals surface area contributed by atoms with Crippen molar-refractivity contribution in [2.24, 2.45) is 0 Å². The van der Waals surface area contributed by atoms with Crippen molar-refractivity contribution >= 4 is 0 Å². The van der Waals surface area contributed by atoms with Gasteiger partial charge in [0.05, 0.1) is 13.7 Å². The Balaban J connectivity index is 2.68. The van der Waals surface area contributed by atoms with Gasteiger partial charge in [0.25, 0.3) is 0 Å². The van der Waals surface area contributed by atoms with E-state index in [2.05, 4.69) is 31.0 Å². The lowest BCUT2D eigenvalue weighted by atomic mass is 10.2. The van der Waals surface area contributed by atoms with Crippen LogP contribution in [0.1, 0.15) is 32.8 Å². The van der Waals surface area contributed by atoms with Gasteiger partial charge in [-0.15, -0.1) is 11.8 Å². The lowest BCUT2D eigenvalue weighted by Crippen LogP contribution is -2.21. The molecule has 3 heteroatoms. The van der Waals surface area contributed by atoms with Crippen molar-refractivity contribution in [3.8, 4) is 23.3 Å². The number of ether oxygens (including phenoxy) is 2. The van der Waals surface area contributed by atoms with Gasteiger partial charge < -0.3 is 14.8 Å². The summed E-state index contributed by atoms with van der Waals surface area (Å²) in [6.45, 7) is 7.50. The van der Waals surface area contributed by atoms with Crippen LogP contribution in [0.2, 0.25) is 0 Å². The van der Waals surface area contributed by atoms with Crippen molar-refractivity contribution < 1.29 is 9.47 Å². The van der Waals surface area contributed by atoms with E-state index in [1.54, 1.807) is 7.11 Å². The molecular formula is C16H23NO2. The van der Waals surface area contributed by atoms with Crippen LogP contribution in [-0.2, 0) is 6.54 Å². The lowest BCUT2D eigenvalue weighted by Gasteiger charge is -2.13. The van der Waals surface area contributed by atoms with Gasteiger partial charge in [0.15, 0.2) is 11.5 Å². The summed E-state index contributed by atoms with van der Waals surface area (Å²) in [6, 6.07) is 6.48. The molecule has 1 N–H and O–H groups in total. The maximum Gasteiger partial charge on any atom is 0.161 e. The molecule has 0 fully saturated rings. The summed E-state index contributed by atoms with van der Waals surface area (Å²) in [5, 5.41) is 3.38. The van der Waals surface area contributed by atoms with E-state index in [9.17, 15) is 0 Å². The van der Waals surface area contributed by atoms with Crippen LogP contribution in [0, 0.1) is 11.8 Å². The highest BCUT2D eigenvalue weighted by molar-refractivity contribution is 5.43. The van der Waals surface area contributed by atoms with E-state index < -0.39 is 0 Å². The molecular weight excluding hydrogens is 238 g/mol. The Labute approximate surface area is 116 Å². The third-order valence-corrected chi connectivity index (χ3v) is 2.60. The lowest BCUT2D eigenvalue weighted by molar-refractivity contribution is 0.301. The molecule has 0 unspecified atom stereocenters. The topological polar surface area (TPSA) is 30.5 Å². The van der Waals surface area contributed by atoms with Crippen LogP contribution < -0.4 is 14.8 Å². The highest BCUT2D eigenvalue weighted by Gasteiger charge is 2.06. The zero-order chi connectivity index (χ0) is 14.1. The molecule has 1 rings (SSSR count). The molecule has 0 heterocycles. The third-order valence-electron chi connectivity index (χ3n) is 2.60. The van der Waals surface area contributed by atoms with Crippen LogP contribution in [0.25, 0.3) is 0 Å². The second kappa shape index (κ2) is 8.44. The summed E-state index contributed by atoms with van der Waals surface area (Å²) in [6.07, 6.45) is 0.730. The summed E-state index contributed by atoms with van der Waals surface area (Å²) in [5.41, 5.74) is 1.19. The number of benzene rings is 1. The average Bonchev–Trinajstić information content (AvgIpc) is 2.41. The number of hydrogen-bond acceptors (Lipinski definition) is 3. The standard InChI is InChI=1S/C16H23NO2/c1-5-6-7-10-19-16-11-14(12-17-13(2)3)8-9-15(16)18-4/h8-9,11,13,17H,7,10,12H2,1-4H3. The first-order chi connectivity index (χ1) is 9.17. The molecule has 0 bridgehead atoms. The molecule has 0 aliphatic carbocycles. The highest BCUT2D eigenvalue weighted by atomic mass is 16.5. The molecule has 0 aromatic heterocycles. The predicted octanol–water partition coefficient (Wildman–Crippen LogP) is 2.99. The van der Waals surface area contributed by atoms with Crippen molar-refractivity contribution in [3.63, 3.8) is 0 Å². The van der Waals surface area contributed by atoms with Crippen molar-refractivity contribution in [2.45, 2.75) is 39.8 Å².